The van der Waals surface area contributed by atoms with E-state index in [0.717, 1.165) is 22.2 Å². The third-order valence-electron chi connectivity index (χ3n) is 5.13. The van der Waals surface area contributed by atoms with Crippen molar-refractivity contribution in [2.75, 3.05) is 4.90 Å². The van der Waals surface area contributed by atoms with Crippen LogP contribution >= 0.6 is 0 Å². The van der Waals surface area contributed by atoms with E-state index in [0.29, 0.717) is 18.4 Å². The van der Waals surface area contributed by atoms with Crippen molar-refractivity contribution in [1.82, 2.24) is 4.98 Å². The van der Waals surface area contributed by atoms with Gasteiger partial charge in [0, 0.05) is 34.6 Å². The number of rotatable bonds is 1. The van der Waals surface area contributed by atoms with Gasteiger partial charge in [-0.25, -0.2) is 0 Å². The predicted molar refractivity (Wildman–Crippen MR) is 87.5 cm³/mol. The summed E-state index contributed by atoms with van der Waals surface area (Å²) < 4.78 is 0. The van der Waals surface area contributed by atoms with Crippen molar-refractivity contribution in [3.05, 3.63) is 65.9 Å². The Balaban J connectivity index is 1.85. The molecule has 1 unspecified atom stereocenters. The van der Waals surface area contributed by atoms with Gasteiger partial charge in [0.05, 0.1) is 5.69 Å². The number of H-pyrrole nitrogens is 1. The highest BCUT2D eigenvalue weighted by Gasteiger charge is 2.59. The molecule has 2 aliphatic rings. The van der Waals surface area contributed by atoms with Crippen LogP contribution in [0.2, 0.25) is 0 Å². The number of hydrogen-bond acceptors (Lipinski definition) is 2. The van der Waals surface area contributed by atoms with Crippen LogP contribution in [-0.2, 0) is 10.3 Å². The van der Waals surface area contributed by atoms with E-state index in [1.807, 2.05) is 54.7 Å². The average Bonchev–Trinajstić information content (AvgIpc) is 3.22. The number of nitrogens with zero attached hydrogens (tertiary/aromatic N) is 1. The first-order valence-corrected chi connectivity index (χ1v) is 7.77. The van der Waals surface area contributed by atoms with E-state index in [2.05, 4.69) is 4.98 Å². The molecule has 0 spiro atoms. The zero-order valence-electron chi connectivity index (χ0n) is 12.4. The van der Waals surface area contributed by atoms with Crippen LogP contribution in [0.3, 0.4) is 0 Å². The van der Waals surface area contributed by atoms with Gasteiger partial charge in [-0.1, -0.05) is 30.3 Å². The molecule has 1 amide bonds. The van der Waals surface area contributed by atoms with Crippen LogP contribution in [0.5, 0.6) is 0 Å². The first kappa shape index (κ1) is 12.6. The number of anilines is 1. The number of para-hydroxylation sites is 2. The molecule has 112 valence electrons. The first-order chi connectivity index (χ1) is 11.2. The van der Waals surface area contributed by atoms with E-state index in [4.69, 9.17) is 0 Å². The summed E-state index contributed by atoms with van der Waals surface area (Å²) in [5, 5.41) is 1.01. The van der Waals surface area contributed by atoms with Crippen molar-refractivity contribution in [1.29, 1.82) is 0 Å². The SMILES string of the molecule is O=C1CCC2(c3c[nH]c4ccccc34)C(=O)c3ccccc3N12. The van der Waals surface area contributed by atoms with Crippen LogP contribution in [0, 0.1) is 0 Å². The quantitative estimate of drug-likeness (QED) is 0.749. The number of amides is 1. The van der Waals surface area contributed by atoms with Gasteiger partial charge in [0.25, 0.3) is 0 Å². The summed E-state index contributed by atoms with van der Waals surface area (Å²) in [6.45, 7) is 0. The summed E-state index contributed by atoms with van der Waals surface area (Å²) in [6.07, 6.45) is 2.82. The summed E-state index contributed by atoms with van der Waals surface area (Å²) >= 11 is 0. The van der Waals surface area contributed by atoms with Crippen molar-refractivity contribution >= 4 is 28.3 Å². The lowest BCUT2D eigenvalue weighted by Crippen LogP contribution is -2.44. The fourth-order valence-electron chi connectivity index (χ4n) is 4.15. The highest BCUT2D eigenvalue weighted by molar-refractivity contribution is 6.23. The summed E-state index contributed by atoms with van der Waals surface area (Å²) in [4.78, 5) is 30.8. The normalized spacial score (nSPS) is 22.7. The minimum atomic E-state index is -0.889. The molecule has 0 aliphatic carbocycles. The molecule has 1 atom stereocenters. The first-order valence-electron chi connectivity index (χ1n) is 7.77. The molecular formula is C19H14N2O2. The maximum absolute atomic E-state index is 13.3. The van der Waals surface area contributed by atoms with Gasteiger partial charge in [-0.3, -0.25) is 14.5 Å². The third-order valence-corrected chi connectivity index (χ3v) is 5.13. The summed E-state index contributed by atoms with van der Waals surface area (Å²) in [5.41, 5.74) is 2.39. The van der Waals surface area contributed by atoms with E-state index in [-0.39, 0.29) is 11.7 Å². The molecule has 3 aromatic rings. The molecule has 1 fully saturated rings. The van der Waals surface area contributed by atoms with E-state index in [1.54, 1.807) is 4.90 Å². The van der Waals surface area contributed by atoms with Gasteiger partial charge in [0.15, 0.2) is 5.78 Å². The molecule has 0 saturated carbocycles. The molecule has 2 aromatic carbocycles. The monoisotopic (exact) mass is 302 g/mol. The molecule has 4 nitrogen and oxygen atoms in total. The Morgan fingerprint density at radius 1 is 1.00 bits per heavy atom. The summed E-state index contributed by atoms with van der Waals surface area (Å²) in [6, 6.07) is 15.3. The molecule has 1 aromatic heterocycles. The standard InChI is InChI=1S/C19H14N2O2/c22-17-9-10-19(14-11-20-15-7-3-1-5-12(14)15)18(23)13-6-2-4-8-16(13)21(17)19/h1-8,11,20H,9-10H2. The largest absolute Gasteiger partial charge is 0.361 e. The maximum Gasteiger partial charge on any atom is 0.228 e. The lowest BCUT2D eigenvalue weighted by Gasteiger charge is -2.30. The van der Waals surface area contributed by atoms with Crippen LogP contribution in [0.25, 0.3) is 10.9 Å². The van der Waals surface area contributed by atoms with Crippen molar-refractivity contribution < 1.29 is 9.59 Å². The Kier molecular flexibility index (Phi) is 2.25. The van der Waals surface area contributed by atoms with Gasteiger partial charge in [0.1, 0.15) is 5.54 Å². The van der Waals surface area contributed by atoms with Gasteiger partial charge >= 0.3 is 0 Å². The van der Waals surface area contributed by atoms with Crippen LogP contribution in [0.15, 0.2) is 54.7 Å². The minimum Gasteiger partial charge on any atom is -0.361 e. The fourth-order valence-corrected chi connectivity index (χ4v) is 4.15. The molecular weight excluding hydrogens is 288 g/mol. The van der Waals surface area contributed by atoms with E-state index < -0.39 is 5.54 Å². The van der Waals surface area contributed by atoms with Crippen LogP contribution in [0.4, 0.5) is 5.69 Å². The highest BCUT2D eigenvalue weighted by Crippen LogP contribution is 2.52. The molecule has 23 heavy (non-hydrogen) atoms. The van der Waals surface area contributed by atoms with Crippen molar-refractivity contribution in [2.24, 2.45) is 0 Å². The van der Waals surface area contributed by atoms with Gasteiger partial charge in [-0.05, 0) is 24.6 Å². The average molecular weight is 302 g/mol. The second kappa shape index (κ2) is 4.10. The lowest BCUT2D eigenvalue weighted by atomic mass is 9.83. The Morgan fingerprint density at radius 2 is 1.78 bits per heavy atom. The molecule has 0 radical (unpaired) electrons. The zero-order valence-corrected chi connectivity index (χ0v) is 12.4. The van der Waals surface area contributed by atoms with Crippen LogP contribution in [0.1, 0.15) is 28.8 Å². The number of benzene rings is 2. The number of fused-ring (bicyclic) bond motifs is 4. The van der Waals surface area contributed by atoms with Crippen molar-refractivity contribution in [3.8, 4) is 0 Å². The zero-order chi connectivity index (χ0) is 15.6. The Morgan fingerprint density at radius 3 is 2.70 bits per heavy atom. The molecule has 1 saturated heterocycles. The van der Waals surface area contributed by atoms with E-state index >= 15 is 0 Å². The van der Waals surface area contributed by atoms with E-state index in [9.17, 15) is 9.59 Å². The molecule has 2 aliphatic heterocycles. The molecule has 4 heteroatoms. The van der Waals surface area contributed by atoms with Crippen molar-refractivity contribution in [3.63, 3.8) is 0 Å². The third kappa shape index (κ3) is 1.36. The number of aromatic amines is 1. The smallest absolute Gasteiger partial charge is 0.228 e. The second-order valence-electron chi connectivity index (χ2n) is 6.18. The van der Waals surface area contributed by atoms with Gasteiger partial charge < -0.3 is 4.98 Å². The predicted octanol–water partition coefficient (Wildman–Crippen LogP) is 3.39. The minimum absolute atomic E-state index is 0.0218. The van der Waals surface area contributed by atoms with E-state index in [1.165, 1.54) is 0 Å². The topological polar surface area (TPSA) is 53.2 Å². The molecule has 5 rings (SSSR count). The lowest BCUT2D eigenvalue weighted by molar-refractivity contribution is -0.117. The van der Waals surface area contributed by atoms with Gasteiger partial charge in [0.2, 0.25) is 5.91 Å². The Labute approximate surface area is 132 Å². The Bertz CT molecular complexity index is 988. The molecule has 1 N–H and O–H groups in total. The number of Topliss-reactive ketones (excluding diaryl/α,β-unsaturated/α-hetero) is 1. The molecule has 3 heterocycles. The summed E-state index contributed by atoms with van der Waals surface area (Å²) in [5.74, 6) is 0.0530. The highest BCUT2D eigenvalue weighted by atomic mass is 16.2. The summed E-state index contributed by atoms with van der Waals surface area (Å²) in [7, 11) is 0. The maximum atomic E-state index is 13.3. The van der Waals surface area contributed by atoms with Gasteiger partial charge in [-0.15, -0.1) is 0 Å². The number of nitrogens with one attached hydrogen (secondary N) is 1. The number of ketones is 1. The number of aromatic nitrogens is 1. The molecule has 0 bridgehead atoms. The number of carbonyl (C=O) groups excluding carboxylic acids is 2. The Hall–Kier alpha value is -2.88. The number of hydrogen-bond donors (Lipinski definition) is 1. The van der Waals surface area contributed by atoms with Crippen molar-refractivity contribution in [2.45, 2.75) is 18.4 Å². The van der Waals surface area contributed by atoms with Crippen LogP contribution < -0.4 is 4.90 Å². The fraction of sp³-hybridized carbons (Fsp3) is 0.158. The number of carbonyl (C=O) groups is 2. The van der Waals surface area contributed by atoms with Gasteiger partial charge in [-0.2, -0.15) is 0 Å². The second-order valence-corrected chi connectivity index (χ2v) is 6.18. The van der Waals surface area contributed by atoms with Crippen LogP contribution in [-0.4, -0.2) is 16.7 Å².